The van der Waals surface area contributed by atoms with E-state index in [-0.39, 0.29) is 11.8 Å². The summed E-state index contributed by atoms with van der Waals surface area (Å²) in [6.07, 6.45) is -1.36. The van der Waals surface area contributed by atoms with Crippen LogP contribution in [0.2, 0.25) is 0 Å². The van der Waals surface area contributed by atoms with Crippen molar-refractivity contribution in [1.29, 1.82) is 0 Å². The number of alkyl halides is 3. The Bertz CT molecular complexity index is 630. The van der Waals surface area contributed by atoms with Crippen LogP contribution in [0.25, 0.3) is 0 Å². The summed E-state index contributed by atoms with van der Waals surface area (Å²) < 4.78 is 44.7. The van der Waals surface area contributed by atoms with Gasteiger partial charge >= 0.3 is 6.18 Å². The summed E-state index contributed by atoms with van der Waals surface area (Å²) in [4.78, 5) is 16.6. The lowest BCUT2D eigenvalue weighted by atomic mass is 9.90. The third-order valence-corrected chi connectivity index (χ3v) is 5.48. The van der Waals surface area contributed by atoms with Crippen LogP contribution in [0.5, 0.6) is 0 Å². The van der Waals surface area contributed by atoms with Crippen LogP contribution in [-0.2, 0) is 22.1 Å². The van der Waals surface area contributed by atoms with Crippen molar-refractivity contribution in [3.05, 3.63) is 35.4 Å². The molecule has 0 radical (unpaired) electrons. The average molecular weight is 384 g/mol. The average Bonchev–Trinajstić information content (AvgIpc) is 2.67. The smallest absolute Gasteiger partial charge is 0.379 e. The highest BCUT2D eigenvalue weighted by Crippen LogP contribution is 2.33. The Morgan fingerprint density at radius 2 is 1.89 bits per heavy atom. The first-order chi connectivity index (χ1) is 12.9. The Labute approximate surface area is 158 Å². The van der Waals surface area contributed by atoms with Gasteiger partial charge in [0.1, 0.15) is 0 Å². The molecule has 3 rings (SSSR count). The number of amides is 1. The fourth-order valence-corrected chi connectivity index (χ4v) is 3.95. The summed E-state index contributed by atoms with van der Waals surface area (Å²) in [5.41, 5.74) is -0.192. The molecule has 2 heterocycles. The third kappa shape index (κ3) is 5.69. The molecule has 0 aromatic heterocycles. The maximum atomic E-state index is 13.1. The van der Waals surface area contributed by atoms with Gasteiger partial charge in [0.05, 0.1) is 25.3 Å². The highest BCUT2D eigenvalue weighted by atomic mass is 19.4. The standard InChI is InChI=1S/C20H27F3N2O2/c21-20(22,23)18-6-2-1-5-17(18)8-7-16-4-3-9-25(14-16)19(26)15-24-10-12-27-13-11-24/h1-2,5-6,16H,3-4,7-15H2/t16-/m1/s1. The number of hydrogen-bond acceptors (Lipinski definition) is 3. The fourth-order valence-electron chi connectivity index (χ4n) is 3.95. The van der Waals surface area contributed by atoms with Crippen LogP contribution in [0.1, 0.15) is 30.4 Å². The molecule has 7 heteroatoms. The summed E-state index contributed by atoms with van der Waals surface area (Å²) in [7, 11) is 0. The largest absolute Gasteiger partial charge is 0.416 e. The SMILES string of the molecule is O=C(CN1CCOCC1)N1CCC[C@H](CCc2ccccc2C(F)(F)F)C1. The molecule has 0 bridgehead atoms. The van der Waals surface area contributed by atoms with E-state index in [1.807, 2.05) is 4.90 Å². The first kappa shape index (κ1) is 20.1. The molecule has 0 saturated carbocycles. The van der Waals surface area contributed by atoms with Crippen molar-refractivity contribution in [3.63, 3.8) is 0 Å². The molecule has 1 atom stereocenters. The summed E-state index contributed by atoms with van der Waals surface area (Å²) in [6.45, 7) is 4.68. The summed E-state index contributed by atoms with van der Waals surface area (Å²) in [5, 5.41) is 0. The Balaban J connectivity index is 1.52. The molecular weight excluding hydrogens is 357 g/mol. The molecule has 0 spiro atoms. The summed E-state index contributed by atoms with van der Waals surface area (Å²) in [5.74, 6) is 0.381. The highest BCUT2D eigenvalue weighted by Gasteiger charge is 2.33. The molecule has 2 aliphatic rings. The van der Waals surface area contributed by atoms with Crippen molar-refractivity contribution in [3.8, 4) is 0 Å². The topological polar surface area (TPSA) is 32.8 Å². The molecule has 1 aromatic rings. The lowest BCUT2D eigenvalue weighted by Gasteiger charge is -2.35. The third-order valence-electron chi connectivity index (χ3n) is 5.48. The lowest BCUT2D eigenvalue weighted by Crippen LogP contribution is -2.47. The van der Waals surface area contributed by atoms with Gasteiger partial charge in [0.15, 0.2) is 0 Å². The van der Waals surface area contributed by atoms with Crippen LogP contribution >= 0.6 is 0 Å². The van der Waals surface area contributed by atoms with Gasteiger partial charge in [0, 0.05) is 26.2 Å². The maximum absolute atomic E-state index is 13.1. The van der Waals surface area contributed by atoms with Gasteiger partial charge in [-0.2, -0.15) is 13.2 Å². The molecule has 1 aromatic carbocycles. The molecule has 0 N–H and O–H groups in total. The van der Waals surface area contributed by atoms with Crippen LogP contribution < -0.4 is 0 Å². The van der Waals surface area contributed by atoms with Crippen LogP contribution in [0, 0.1) is 5.92 Å². The number of benzene rings is 1. The number of likely N-dealkylation sites (tertiary alicyclic amines) is 1. The molecule has 2 aliphatic heterocycles. The van der Waals surface area contributed by atoms with E-state index < -0.39 is 11.7 Å². The fraction of sp³-hybridized carbons (Fsp3) is 0.650. The van der Waals surface area contributed by atoms with Crippen molar-refractivity contribution in [2.45, 2.75) is 31.9 Å². The van der Waals surface area contributed by atoms with E-state index in [0.717, 1.165) is 38.5 Å². The molecule has 0 unspecified atom stereocenters. The summed E-state index contributed by atoms with van der Waals surface area (Å²) >= 11 is 0. The molecule has 150 valence electrons. The van der Waals surface area contributed by atoms with Gasteiger partial charge in [-0.05, 0) is 43.2 Å². The minimum atomic E-state index is -4.32. The van der Waals surface area contributed by atoms with E-state index >= 15 is 0 Å². The first-order valence-corrected chi connectivity index (χ1v) is 9.66. The second kappa shape index (κ2) is 9.06. The second-order valence-corrected chi connectivity index (χ2v) is 7.43. The molecule has 1 amide bonds. The predicted molar refractivity (Wildman–Crippen MR) is 96.3 cm³/mol. The zero-order chi connectivity index (χ0) is 19.3. The van der Waals surface area contributed by atoms with E-state index in [1.165, 1.54) is 6.07 Å². The van der Waals surface area contributed by atoms with Gasteiger partial charge < -0.3 is 9.64 Å². The Kier molecular flexibility index (Phi) is 6.76. The van der Waals surface area contributed by atoms with E-state index in [1.54, 1.807) is 12.1 Å². The van der Waals surface area contributed by atoms with Crippen LogP contribution in [0.4, 0.5) is 13.2 Å². The van der Waals surface area contributed by atoms with Crippen LogP contribution in [-0.4, -0.2) is 61.6 Å². The molecule has 2 fully saturated rings. The molecular formula is C20H27F3N2O2. The monoisotopic (exact) mass is 384 g/mol. The van der Waals surface area contributed by atoms with E-state index in [2.05, 4.69) is 4.90 Å². The molecule has 4 nitrogen and oxygen atoms in total. The number of morpholine rings is 1. The lowest BCUT2D eigenvalue weighted by molar-refractivity contribution is -0.138. The number of halogens is 3. The first-order valence-electron chi connectivity index (χ1n) is 9.66. The van der Waals surface area contributed by atoms with Crippen molar-refractivity contribution in [2.75, 3.05) is 45.9 Å². The number of aryl methyl sites for hydroxylation is 1. The van der Waals surface area contributed by atoms with Gasteiger partial charge in [0.25, 0.3) is 0 Å². The Morgan fingerprint density at radius 3 is 2.63 bits per heavy atom. The Hall–Kier alpha value is -1.60. The zero-order valence-corrected chi connectivity index (χ0v) is 15.5. The number of piperidine rings is 1. The highest BCUT2D eigenvalue weighted by molar-refractivity contribution is 5.78. The van der Waals surface area contributed by atoms with Crippen molar-refractivity contribution in [2.24, 2.45) is 5.92 Å². The van der Waals surface area contributed by atoms with E-state index in [9.17, 15) is 18.0 Å². The quantitative estimate of drug-likeness (QED) is 0.782. The van der Waals surface area contributed by atoms with Gasteiger partial charge in [-0.1, -0.05) is 18.2 Å². The molecule has 0 aliphatic carbocycles. The minimum absolute atomic E-state index is 0.122. The number of rotatable bonds is 5. The van der Waals surface area contributed by atoms with Gasteiger partial charge in [-0.25, -0.2) is 0 Å². The Morgan fingerprint density at radius 1 is 1.15 bits per heavy atom. The number of carbonyl (C=O) groups is 1. The van der Waals surface area contributed by atoms with Crippen LogP contribution in [0.15, 0.2) is 24.3 Å². The molecule has 27 heavy (non-hydrogen) atoms. The zero-order valence-electron chi connectivity index (χ0n) is 15.5. The van der Waals surface area contributed by atoms with Gasteiger partial charge in [-0.15, -0.1) is 0 Å². The predicted octanol–water partition coefficient (Wildman–Crippen LogP) is 3.21. The summed E-state index contributed by atoms with van der Waals surface area (Å²) in [6, 6.07) is 5.80. The van der Waals surface area contributed by atoms with E-state index in [0.29, 0.717) is 44.7 Å². The normalized spacial score (nSPS) is 22.0. The maximum Gasteiger partial charge on any atom is 0.416 e. The minimum Gasteiger partial charge on any atom is -0.379 e. The van der Waals surface area contributed by atoms with Crippen molar-refractivity contribution < 1.29 is 22.7 Å². The number of carbonyl (C=O) groups excluding carboxylic acids is 1. The van der Waals surface area contributed by atoms with Crippen molar-refractivity contribution in [1.82, 2.24) is 9.80 Å². The second-order valence-electron chi connectivity index (χ2n) is 7.43. The van der Waals surface area contributed by atoms with Crippen molar-refractivity contribution >= 4 is 5.91 Å². The molecule has 2 saturated heterocycles. The van der Waals surface area contributed by atoms with Gasteiger partial charge in [0.2, 0.25) is 5.91 Å². The van der Waals surface area contributed by atoms with E-state index in [4.69, 9.17) is 4.74 Å². The number of hydrogen-bond donors (Lipinski definition) is 0. The number of nitrogens with zero attached hydrogens (tertiary/aromatic N) is 2. The number of ether oxygens (including phenoxy) is 1. The van der Waals surface area contributed by atoms with Crippen LogP contribution in [0.3, 0.4) is 0 Å². The van der Waals surface area contributed by atoms with Gasteiger partial charge in [-0.3, -0.25) is 9.69 Å².